The molecular weight excluding hydrogens is 461 g/mol. The van der Waals surface area contributed by atoms with Gasteiger partial charge < -0.3 is 15.0 Å². The highest BCUT2D eigenvalue weighted by Gasteiger charge is 2.44. The van der Waals surface area contributed by atoms with Crippen molar-refractivity contribution >= 4 is 29.6 Å². The first kappa shape index (κ1) is 24.6. The van der Waals surface area contributed by atoms with Crippen LogP contribution in [0.5, 0.6) is 5.88 Å². The van der Waals surface area contributed by atoms with Gasteiger partial charge in [-0.15, -0.1) is 0 Å². The fourth-order valence-corrected chi connectivity index (χ4v) is 4.64. The highest BCUT2D eigenvalue weighted by Crippen LogP contribution is 2.38. The molecule has 3 aromatic rings. The Labute approximate surface area is 200 Å². The van der Waals surface area contributed by atoms with Crippen LogP contribution in [0, 0.1) is 11.3 Å². The van der Waals surface area contributed by atoms with E-state index in [0.29, 0.717) is 24.2 Å². The summed E-state index contributed by atoms with van der Waals surface area (Å²) in [6.45, 7) is 5.86. The van der Waals surface area contributed by atoms with Gasteiger partial charge in [-0.2, -0.15) is 9.63 Å². The van der Waals surface area contributed by atoms with E-state index in [-0.39, 0.29) is 41.7 Å². The summed E-state index contributed by atoms with van der Waals surface area (Å²) in [6, 6.07) is 4.13. The third-order valence-corrected chi connectivity index (χ3v) is 6.24. The van der Waals surface area contributed by atoms with Crippen LogP contribution in [0.4, 0.5) is 30.5 Å². The molecule has 0 amide bonds. The topological polar surface area (TPSA) is 93.9 Å². The lowest BCUT2D eigenvalue weighted by Gasteiger charge is -2.38. The molecule has 1 fully saturated rings. The number of alkyl halides is 2. The normalized spacial score (nSPS) is 20.7. The van der Waals surface area contributed by atoms with E-state index in [2.05, 4.69) is 27.2 Å². The maximum Gasteiger partial charge on any atom is 0.457 e. The Morgan fingerprint density at radius 1 is 1.43 bits per heavy atom. The molecule has 12 heteroatoms. The van der Waals surface area contributed by atoms with Crippen molar-refractivity contribution in [3.63, 3.8) is 0 Å². The van der Waals surface area contributed by atoms with Gasteiger partial charge in [0.05, 0.1) is 24.6 Å². The molecule has 9 nitrogen and oxygen atoms in total. The molecule has 0 aliphatic carbocycles. The summed E-state index contributed by atoms with van der Waals surface area (Å²) in [5.41, 5.74) is 7.31. The summed E-state index contributed by atoms with van der Waals surface area (Å²) in [6.07, 6.45) is 1.71. The van der Waals surface area contributed by atoms with Gasteiger partial charge in [0.1, 0.15) is 18.4 Å². The van der Waals surface area contributed by atoms with Gasteiger partial charge in [0.2, 0.25) is 0 Å². The Morgan fingerprint density at radius 2 is 2.20 bits per heavy atom. The minimum atomic E-state index is -1.55. The molecule has 4 rings (SSSR count). The molecule has 3 heterocycles. The summed E-state index contributed by atoms with van der Waals surface area (Å²) >= 11 is 0. The highest BCUT2D eigenvalue weighted by atomic mass is 19.1. The van der Waals surface area contributed by atoms with Crippen LogP contribution in [0.15, 0.2) is 29.5 Å². The molecule has 186 valence electrons. The Kier molecular flexibility index (Phi) is 6.75. The van der Waals surface area contributed by atoms with Crippen molar-refractivity contribution in [1.29, 1.82) is 5.53 Å². The molecule has 2 atom stereocenters. The van der Waals surface area contributed by atoms with Crippen LogP contribution in [0.2, 0.25) is 0 Å². The van der Waals surface area contributed by atoms with Gasteiger partial charge >= 0.3 is 11.8 Å². The third-order valence-electron chi connectivity index (χ3n) is 6.24. The average Bonchev–Trinajstić information content (AvgIpc) is 3.16. The molecule has 35 heavy (non-hydrogen) atoms. The number of anilines is 1. The molecular formula is C23H28F3N8O+. The zero-order chi connectivity index (χ0) is 25.3. The lowest BCUT2D eigenvalue weighted by Crippen LogP contribution is -2.54. The van der Waals surface area contributed by atoms with Gasteiger partial charge in [-0.05, 0) is 43.1 Å². The van der Waals surface area contributed by atoms with Crippen molar-refractivity contribution in [2.24, 2.45) is 5.11 Å². The number of rotatable bonds is 8. The standard InChI is InChI=1S/C23H28F3N8O/c1-23(26)13-32(2)10-7-18(23)33(3)22-29-21(35-4)20-19(15(25)12-34(20)31-22)14-5-6-16(30-27)17(11-14)28-9-8-24/h5-6,11-12,18,27-28H,3,7-10,13H2,1-2,4H3/q+1. The van der Waals surface area contributed by atoms with Gasteiger partial charge in [-0.1, -0.05) is 6.07 Å². The Hall–Kier alpha value is -3.54. The number of aromatic nitrogens is 3. The average molecular weight is 490 g/mol. The van der Waals surface area contributed by atoms with Crippen LogP contribution < -0.4 is 10.1 Å². The van der Waals surface area contributed by atoms with Crippen LogP contribution in [0.1, 0.15) is 13.3 Å². The number of fused-ring (bicyclic) bond motifs is 1. The van der Waals surface area contributed by atoms with Crippen LogP contribution in [0.25, 0.3) is 16.6 Å². The summed E-state index contributed by atoms with van der Waals surface area (Å²) in [7, 11) is 3.26. The number of hydrogen-bond donors (Lipinski definition) is 2. The Morgan fingerprint density at radius 3 is 2.86 bits per heavy atom. The quantitative estimate of drug-likeness (QED) is 0.279. The molecule has 1 aliphatic heterocycles. The molecule has 1 aromatic carbocycles. The number of halogens is 3. The van der Waals surface area contributed by atoms with E-state index in [1.165, 1.54) is 35.4 Å². The van der Waals surface area contributed by atoms with Crippen LogP contribution in [-0.2, 0) is 0 Å². The minimum absolute atomic E-state index is 0.0184. The summed E-state index contributed by atoms with van der Waals surface area (Å²) < 4.78 is 51.5. The monoisotopic (exact) mass is 489 g/mol. The SMILES string of the molecule is C=[N+](c1nc(OC)c2c(-c3ccc(N=N)c(NCCF)c3)c(F)cn2n1)C1CCN(C)CC1(C)F. The van der Waals surface area contributed by atoms with Crippen molar-refractivity contribution in [2.75, 3.05) is 45.8 Å². The van der Waals surface area contributed by atoms with Gasteiger partial charge in [-0.25, -0.2) is 23.3 Å². The molecule has 1 aliphatic rings. The van der Waals surface area contributed by atoms with E-state index in [9.17, 15) is 4.39 Å². The fourth-order valence-electron chi connectivity index (χ4n) is 4.64. The van der Waals surface area contributed by atoms with Crippen molar-refractivity contribution in [2.45, 2.75) is 25.1 Å². The lowest BCUT2D eigenvalue weighted by molar-refractivity contribution is -0.509. The number of benzene rings is 1. The Balaban J connectivity index is 1.80. The minimum Gasteiger partial charge on any atom is -0.467 e. The molecule has 0 spiro atoms. The molecule has 0 saturated carbocycles. The number of ether oxygens (including phenoxy) is 1. The predicted molar refractivity (Wildman–Crippen MR) is 127 cm³/mol. The first-order valence-electron chi connectivity index (χ1n) is 11.1. The Bertz CT molecular complexity index is 1280. The van der Waals surface area contributed by atoms with Gasteiger partial charge in [0.15, 0.2) is 17.0 Å². The lowest BCUT2D eigenvalue weighted by atomic mass is 9.91. The number of likely N-dealkylation sites (tertiary alicyclic amines) is 1. The smallest absolute Gasteiger partial charge is 0.457 e. The first-order valence-corrected chi connectivity index (χ1v) is 11.1. The molecule has 2 aromatic heterocycles. The molecule has 2 unspecified atom stereocenters. The number of nitrogens with one attached hydrogen (secondary N) is 2. The number of piperidine rings is 1. The van der Waals surface area contributed by atoms with Crippen molar-refractivity contribution in [3.05, 3.63) is 30.2 Å². The largest absolute Gasteiger partial charge is 0.467 e. The number of hydrogen-bond acceptors (Lipinski definition) is 7. The molecule has 0 bridgehead atoms. The summed E-state index contributed by atoms with van der Waals surface area (Å²) in [5, 5.41) is 10.7. The van der Waals surface area contributed by atoms with E-state index >= 15 is 8.78 Å². The number of nitrogens with zero attached hydrogens (tertiary/aromatic N) is 6. The van der Waals surface area contributed by atoms with E-state index in [1.54, 1.807) is 12.1 Å². The first-order chi connectivity index (χ1) is 16.7. The highest BCUT2D eigenvalue weighted by molar-refractivity contribution is 5.87. The molecule has 1 saturated heterocycles. The number of methoxy groups -OCH3 is 1. The van der Waals surface area contributed by atoms with E-state index in [0.717, 1.165) is 0 Å². The predicted octanol–water partition coefficient (Wildman–Crippen LogP) is 4.36. The second-order valence-corrected chi connectivity index (χ2v) is 8.82. The maximum absolute atomic E-state index is 15.4. The summed E-state index contributed by atoms with van der Waals surface area (Å²) in [4.78, 5) is 6.35. The maximum atomic E-state index is 15.4. The third kappa shape index (κ3) is 4.57. The van der Waals surface area contributed by atoms with Crippen LogP contribution >= 0.6 is 0 Å². The van der Waals surface area contributed by atoms with Crippen LogP contribution in [0.3, 0.4) is 0 Å². The fraction of sp³-hybridized carbons (Fsp3) is 0.435. The van der Waals surface area contributed by atoms with E-state index in [4.69, 9.17) is 10.3 Å². The van der Waals surface area contributed by atoms with Gasteiger partial charge in [0.25, 0.3) is 0 Å². The van der Waals surface area contributed by atoms with Crippen molar-refractivity contribution in [1.82, 2.24) is 19.5 Å². The zero-order valence-electron chi connectivity index (χ0n) is 19.9. The molecule has 0 radical (unpaired) electrons. The zero-order valence-corrected chi connectivity index (χ0v) is 19.9. The van der Waals surface area contributed by atoms with E-state index < -0.39 is 24.2 Å². The van der Waals surface area contributed by atoms with Crippen molar-refractivity contribution < 1.29 is 22.5 Å². The second-order valence-electron chi connectivity index (χ2n) is 8.82. The summed E-state index contributed by atoms with van der Waals surface area (Å²) in [5.74, 6) is -0.404. The van der Waals surface area contributed by atoms with Crippen LogP contribution in [-0.4, -0.2) is 83.0 Å². The second kappa shape index (κ2) is 9.61. The van der Waals surface area contributed by atoms with Crippen molar-refractivity contribution in [3.8, 4) is 17.0 Å². The van der Waals surface area contributed by atoms with Gasteiger partial charge in [0, 0.05) is 31.5 Å². The van der Waals surface area contributed by atoms with E-state index in [1.807, 2.05) is 11.9 Å². The molecule has 2 N–H and O–H groups in total. The van der Waals surface area contributed by atoms with Gasteiger partial charge in [-0.3, -0.25) is 0 Å².